The van der Waals surface area contributed by atoms with Crippen LogP contribution in [0, 0.1) is 5.92 Å². The van der Waals surface area contributed by atoms with Gasteiger partial charge >= 0.3 is 0 Å². The van der Waals surface area contributed by atoms with Crippen molar-refractivity contribution in [2.45, 2.75) is 136 Å². The maximum atomic E-state index is 4.90. The lowest BCUT2D eigenvalue weighted by atomic mass is 9.89. The lowest BCUT2D eigenvalue weighted by Crippen LogP contribution is -2.02. The summed E-state index contributed by atoms with van der Waals surface area (Å²) in [5.74, 6) is 0.867. The van der Waals surface area contributed by atoms with Crippen LogP contribution >= 0.6 is 0 Å². The highest BCUT2D eigenvalue weighted by Crippen LogP contribution is 2.26. The molecule has 3 aromatic heterocycles. The van der Waals surface area contributed by atoms with E-state index in [4.69, 9.17) is 9.97 Å². The van der Waals surface area contributed by atoms with E-state index in [1.807, 2.05) is 0 Å². The first-order chi connectivity index (χ1) is 22.7. The number of hydrogen-bond donors (Lipinski definition) is 2. The second-order valence-electron chi connectivity index (χ2n) is 13.8. The fraction of sp³-hybridized carbons (Fsp3) is 0.524. The Kier molecular flexibility index (Phi) is 13.8. The first-order valence-electron chi connectivity index (χ1n) is 18.8. The van der Waals surface area contributed by atoms with E-state index in [0.29, 0.717) is 0 Å². The molecule has 246 valence electrons. The van der Waals surface area contributed by atoms with Crippen LogP contribution in [0.25, 0.3) is 46.4 Å². The van der Waals surface area contributed by atoms with Gasteiger partial charge in [-0.15, -0.1) is 0 Å². The van der Waals surface area contributed by atoms with Crippen molar-refractivity contribution < 1.29 is 0 Å². The van der Waals surface area contributed by atoms with Gasteiger partial charge in [0.25, 0.3) is 0 Å². The third-order valence-corrected chi connectivity index (χ3v) is 9.74. The molecular formula is C42H58N4. The van der Waals surface area contributed by atoms with Crippen molar-refractivity contribution in [2.75, 3.05) is 0 Å². The van der Waals surface area contributed by atoms with Gasteiger partial charge in [0.15, 0.2) is 0 Å². The largest absolute Gasteiger partial charge is 0.355 e. The molecule has 2 aliphatic heterocycles. The Labute approximate surface area is 278 Å². The monoisotopic (exact) mass is 618 g/mol. The third-order valence-electron chi connectivity index (χ3n) is 9.74. The van der Waals surface area contributed by atoms with E-state index in [1.165, 1.54) is 127 Å². The molecule has 4 nitrogen and oxygen atoms in total. The predicted molar refractivity (Wildman–Crippen MR) is 201 cm³/mol. The second-order valence-corrected chi connectivity index (χ2v) is 13.8. The van der Waals surface area contributed by atoms with Gasteiger partial charge < -0.3 is 9.97 Å². The molecule has 2 N–H and O–H groups in total. The summed E-state index contributed by atoms with van der Waals surface area (Å²) >= 11 is 0. The van der Waals surface area contributed by atoms with Crippen LogP contribution in [0.1, 0.15) is 158 Å². The van der Waals surface area contributed by atoms with Gasteiger partial charge in [-0.1, -0.05) is 123 Å². The topological polar surface area (TPSA) is 57.4 Å². The molecule has 3 aromatic rings. The van der Waals surface area contributed by atoms with Gasteiger partial charge in [0, 0.05) is 22.1 Å². The third kappa shape index (κ3) is 11.1. The van der Waals surface area contributed by atoms with Gasteiger partial charge in [-0.3, -0.25) is 0 Å². The van der Waals surface area contributed by atoms with E-state index >= 15 is 0 Å². The van der Waals surface area contributed by atoms with Gasteiger partial charge in [-0.25, -0.2) is 9.97 Å². The molecule has 0 aromatic carbocycles. The number of aryl methyl sites for hydroxylation is 1. The Morgan fingerprint density at radius 2 is 0.978 bits per heavy atom. The molecule has 1 unspecified atom stereocenters. The minimum atomic E-state index is 0.867. The quantitative estimate of drug-likeness (QED) is 0.0853. The van der Waals surface area contributed by atoms with Gasteiger partial charge in [-0.2, -0.15) is 0 Å². The smallest absolute Gasteiger partial charge is 0.0659 e. The van der Waals surface area contributed by atoms with Crippen LogP contribution in [0.2, 0.25) is 0 Å². The first kappa shape index (κ1) is 33.9. The molecule has 0 radical (unpaired) electrons. The standard InChI is InChI=1S/C42H58N4/c1-3-5-7-9-11-12-14-16-19-33(18-15-13-10-8-6-4-2)20-17-21-34-28-41-31-39-25-24-37(44-39)29-35-22-23-36(43-35)30-38-26-27-40(45-38)32-42(34)46-41/h22-33,44,46H,3-21H2,1-2H3. The molecule has 8 bridgehead atoms. The van der Waals surface area contributed by atoms with Crippen LogP contribution < -0.4 is 0 Å². The number of aromatic amines is 2. The summed E-state index contributed by atoms with van der Waals surface area (Å²) in [7, 11) is 0. The van der Waals surface area contributed by atoms with E-state index in [-0.39, 0.29) is 0 Å². The number of nitrogens with zero attached hydrogens (tertiary/aromatic N) is 2. The number of fused-ring (bicyclic) bond motifs is 8. The fourth-order valence-corrected chi connectivity index (χ4v) is 7.08. The Morgan fingerprint density at radius 3 is 1.59 bits per heavy atom. The lowest BCUT2D eigenvalue weighted by Gasteiger charge is -2.17. The molecule has 1 atom stereocenters. The summed E-state index contributed by atoms with van der Waals surface area (Å²) < 4.78 is 0. The molecule has 0 saturated heterocycles. The summed E-state index contributed by atoms with van der Waals surface area (Å²) in [6.07, 6.45) is 34.5. The highest BCUT2D eigenvalue weighted by atomic mass is 14.8. The lowest BCUT2D eigenvalue weighted by molar-refractivity contribution is 0.372. The average molecular weight is 619 g/mol. The zero-order valence-corrected chi connectivity index (χ0v) is 28.8. The summed E-state index contributed by atoms with van der Waals surface area (Å²) in [5.41, 5.74) is 9.69. The van der Waals surface area contributed by atoms with Crippen LogP contribution in [0.5, 0.6) is 0 Å². The molecule has 5 rings (SSSR count). The zero-order chi connectivity index (χ0) is 31.8. The van der Waals surface area contributed by atoms with Crippen molar-refractivity contribution in [2.24, 2.45) is 5.92 Å². The minimum Gasteiger partial charge on any atom is -0.355 e. The highest BCUT2D eigenvalue weighted by Gasteiger charge is 2.11. The molecule has 0 aliphatic carbocycles. The summed E-state index contributed by atoms with van der Waals surface area (Å²) in [4.78, 5) is 16.9. The van der Waals surface area contributed by atoms with Crippen LogP contribution in [0.3, 0.4) is 0 Å². The van der Waals surface area contributed by atoms with Crippen molar-refractivity contribution >= 4 is 46.4 Å². The van der Waals surface area contributed by atoms with Crippen LogP contribution in [0.15, 0.2) is 42.5 Å². The molecule has 0 fully saturated rings. The number of unbranched alkanes of at least 4 members (excludes halogenated alkanes) is 12. The van der Waals surface area contributed by atoms with Gasteiger partial charge in [0.1, 0.15) is 0 Å². The van der Waals surface area contributed by atoms with Crippen LogP contribution in [-0.4, -0.2) is 19.9 Å². The molecule has 0 amide bonds. The van der Waals surface area contributed by atoms with Crippen molar-refractivity contribution in [1.29, 1.82) is 0 Å². The molecule has 46 heavy (non-hydrogen) atoms. The van der Waals surface area contributed by atoms with Crippen LogP contribution in [-0.2, 0) is 6.42 Å². The molecule has 0 saturated carbocycles. The summed E-state index contributed by atoms with van der Waals surface area (Å²) in [6.45, 7) is 4.62. The predicted octanol–water partition coefficient (Wildman–Crippen LogP) is 12.9. The number of aromatic nitrogens is 4. The molecule has 4 heteroatoms. The number of nitrogens with one attached hydrogen (secondary N) is 2. The number of rotatable bonds is 20. The second kappa shape index (κ2) is 18.7. The Balaban J connectivity index is 1.27. The van der Waals surface area contributed by atoms with E-state index < -0.39 is 0 Å². The SMILES string of the molecule is CCCCCCCCCCC(CCCCCCCC)CCCc1cc2cc3ccc(cc4nc(cc5nc(cc1[nH]2)C=C5)C=C4)[nH]3. The fourth-order valence-electron chi connectivity index (χ4n) is 7.08. The van der Waals surface area contributed by atoms with Crippen molar-refractivity contribution in [3.8, 4) is 0 Å². The van der Waals surface area contributed by atoms with Gasteiger partial charge in [0.05, 0.1) is 22.8 Å². The van der Waals surface area contributed by atoms with E-state index in [1.54, 1.807) is 0 Å². The molecule has 0 spiro atoms. The number of H-pyrrole nitrogens is 2. The Morgan fingerprint density at radius 1 is 0.478 bits per heavy atom. The van der Waals surface area contributed by atoms with E-state index in [2.05, 4.69) is 90.6 Å². The maximum absolute atomic E-state index is 4.90. The molecule has 5 heterocycles. The Hall–Kier alpha value is -3.40. The van der Waals surface area contributed by atoms with Crippen molar-refractivity contribution in [3.05, 3.63) is 70.8 Å². The first-order valence-corrected chi connectivity index (χ1v) is 18.8. The molecule has 2 aliphatic rings. The van der Waals surface area contributed by atoms with Gasteiger partial charge in [-0.05, 0) is 91.1 Å². The highest BCUT2D eigenvalue weighted by molar-refractivity contribution is 5.78. The van der Waals surface area contributed by atoms with Crippen LogP contribution in [0.4, 0.5) is 0 Å². The van der Waals surface area contributed by atoms with Crippen molar-refractivity contribution in [3.63, 3.8) is 0 Å². The van der Waals surface area contributed by atoms with Crippen molar-refractivity contribution in [1.82, 2.24) is 19.9 Å². The Bertz CT molecular complexity index is 1570. The normalized spacial score (nSPS) is 13.1. The van der Waals surface area contributed by atoms with E-state index in [9.17, 15) is 0 Å². The average Bonchev–Trinajstić information content (AvgIpc) is 3.86. The number of hydrogen-bond acceptors (Lipinski definition) is 2. The molecular weight excluding hydrogens is 560 g/mol. The van der Waals surface area contributed by atoms with E-state index in [0.717, 1.165) is 51.7 Å². The zero-order valence-electron chi connectivity index (χ0n) is 28.8. The summed E-state index contributed by atoms with van der Waals surface area (Å²) in [6, 6.07) is 15.2. The minimum absolute atomic E-state index is 0.867. The maximum Gasteiger partial charge on any atom is 0.0659 e. The van der Waals surface area contributed by atoms with Gasteiger partial charge in [0.2, 0.25) is 0 Å². The summed E-state index contributed by atoms with van der Waals surface area (Å²) in [5, 5.41) is 0.